The summed E-state index contributed by atoms with van der Waals surface area (Å²) in [5.41, 5.74) is 2.07. The van der Waals surface area contributed by atoms with E-state index in [2.05, 4.69) is 0 Å². The molecule has 0 unspecified atom stereocenters. The lowest BCUT2D eigenvalue weighted by molar-refractivity contribution is -0.137. The maximum absolute atomic E-state index is 12.0. The Balaban J connectivity index is 3.36. The first kappa shape index (κ1) is 8.63. The smallest absolute Gasteiger partial charge is 0.394 e. The molecule has 0 bridgehead atoms. The lowest BCUT2D eigenvalue weighted by atomic mass is 10.2. The number of nitrogens with one attached hydrogen (secondary N) is 1. The topological polar surface area (TPSA) is 58.9 Å². The van der Waals surface area contributed by atoms with Crippen LogP contribution in [0.3, 0.4) is 0 Å². The summed E-state index contributed by atoms with van der Waals surface area (Å²) in [5.74, 6) is 0. The molecular weight excluding hydrogens is 173 g/mol. The van der Waals surface area contributed by atoms with Gasteiger partial charge in [-0.3, -0.25) is 4.79 Å². The summed E-state index contributed by atoms with van der Waals surface area (Å²) in [4.78, 5) is 12.6. The molecule has 0 fully saturated rings. The number of rotatable bonds is 0. The lowest BCUT2D eigenvalue weighted by Crippen LogP contribution is -2.18. The van der Waals surface area contributed by atoms with Crippen LogP contribution in [-0.4, -0.2) is 4.98 Å². The molecule has 12 heavy (non-hydrogen) atoms. The van der Waals surface area contributed by atoms with Gasteiger partial charge in [0.15, 0.2) is 0 Å². The molecule has 3 nitrogen and oxygen atoms in total. The van der Waals surface area contributed by atoms with Gasteiger partial charge >= 0.3 is 6.18 Å². The van der Waals surface area contributed by atoms with Crippen LogP contribution in [0.1, 0.15) is 5.56 Å². The van der Waals surface area contributed by atoms with Gasteiger partial charge in [0.1, 0.15) is 5.69 Å². The third-order valence-corrected chi connectivity index (χ3v) is 1.30. The first-order valence-electron chi connectivity index (χ1n) is 2.97. The van der Waals surface area contributed by atoms with E-state index < -0.39 is 23.0 Å². The van der Waals surface area contributed by atoms with Gasteiger partial charge in [0.05, 0.1) is 5.56 Å². The van der Waals surface area contributed by atoms with Crippen LogP contribution < -0.4 is 11.3 Å². The zero-order chi connectivity index (χ0) is 9.35. The van der Waals surface area contributed by atoms with E-state index in [9.17, 15) is 18.0 Å². The molecule has 0 amide bonds. The number of aromatic nitrogens is 1. The predicted molar refractivity (Wildman–Crippen MR) is 36.5 cm³/mol. The van der Waals surface area contributed by atoms with Crippen LogP contribution in [-0.2, 0) is 6.18 Å². The van der Waals surface area contributed by atoms with Gasteiger partial charge in [0.2, 0.25) is 0 Å². The van der Waals surface area contributed by atoms with Crippen LogP contribution in [0, 0.1) is 0 Å². The summed E-state index contributed by atoms with van der Waals surface area (Å²) in [6.45, 7) is 0. The van der Waals surface area contributed by atoms with E-state index in [4.69, 9.17) is 5.73 Å². The van der Waals surface area contributed by atoms with Crippen LogP contribution in [0.15, 0.2) is 17.1 Å². The Morgan fingerprint density at radius 3 is 2.42 bits per heavy atom. The second-order valence-electron chi connectivity index (χ2n) is 2.13. The molecule has 0 aromatic carbocycles. The number of nitrogen functional groups attached to an aromatic ring is 1. The van der Waals surface area contributed by atoms with Crippen molar-refractivity contribution >= 4 is 5.69 Å². The molecule has 66 valence electrons. The van der Waals surface area contributed by atoms with Gasteiger partial charge < -0.3 is 10.7 Å². The van der Waals surface area contributed by atoms with Gasteiger partial charge in [0.25, 0.3) is 5.56 Å². The van der Waals surface area contributed by atoms with Gasteiger partial charge in [-0.15, -0.1) is 0 Å². The average Bonchev–Trinajstić information content (AvgIpc) is 1.92. The highest BCUT2D eigenvalue weighted by Gasteiger charge is 2.33. The zero-order valence-corrected chi connectivity index (χ0v) is 5.77. The Labute approximate surface area is 65.0 Å². The number of hydrogen-bond donors (Lipinski definition) is 2. The van der Waals surface area contributed by atoms with Gasteiger partial charge in [-0.1, -0.05) is 0 Å². The van der Waals surface area contributed by atoms with Crippen LogP contribution in [0.5, 0.6) is 0 Å². The molecule has 3 N–H and O–H groups in total. The molecule has 1 aromatic rings. The molecule has 1 heterocycles. The summed E-state index contributed by atoms with van der Waals surface area (Å²) in [6, 6.07) is 0.719. The number of aromatic amines is 1. The van der Waals surface area contributed by atoms with Crippen LogP contribution >= 0.6 is 0 Å². The third kappa shape index (κ3) is 1.41. The van der Waals surface area contributed by atoms with Crippen LogP contribution in [0.4, 0.5) is 18.9 Å². The standard InChI is InChI=1S/C6H5F3N2O/c7-6(8,9)3-1-2-11-5(12)4(3)10/h1-2H,10H2,(H,11,12). The van der Waals surface area contributed by atoms with E-state index in [1.807, 2.05) is 4.98 Å². The number of H-pyrrole nitrogens is 1. The van der Waals surface area contributed by atoms with Crippen molar-refractivity contribution in [3.63, 3.8) is 0 Å². The average molecular weight is 178 g/mol. The predicted octanol–water partition coefficient (Wildman–Crippen LogP) is 0.976. The number of anilines is 1. The molecule has 0 saturated carbocycles. The van der Waals surface area contributed by atoms with E-state index in [1.165, 1.54) is 0 Å². The van der Waals surface area contributed by atoms with Crippen molar-refractivity contribution < 1.29 is 13.2 Å². The van der Waals surface area contributed by atoms with Gasteiger partial charge in [0, 0.05) is 6.20 Å². The Kier molecular flexibility index (Phi) is 1.83. The summed E-state index contributed by atoms with van der Waals surface area (Å²) in [6.07, 6.45) is -3.67. The molecule has 6 heteroatoms. The molecule has 1 rings (SSSR count). The molecule has 0 spiro atoms. The largest absolute Gasteiger partial charge is 0.418 e. The first-order valence-corrected chi connectivity index (χ1v) is 2.97. The second kappa shape index (κ2) is 2.54. The fourth-order valence-electron chi connectivity index (χ4n) is 0.738. The Morgan fingerprint density at radius 2 is 2.00 bits per heavy atom. The summed E-state index contributed by atoms with van der Waals surface area (Å²) in [5, 5.41) is 0. The van der Waals surface area contributed by atoms with E-state index in [0.29, 0.717) is 0 Å². The highest BCUT2D eigenvalue weighted by atomic mass is 19.4. The number of nitrogens with two attached hydrogens (primary N) is 1. The monoisotopic (exact) mass is 178 g/mol. The number of halogens is 3. The summed E-state index contributed by atoms with van der Waals surface area (Å²) < 4.78 is 36.0. The molecule has 1 aromatic heterocycles. The van der Waals surface area contributed by atoms with E-state index >= 15 is 0 Å². The number of hydrogen-bond acceptors (Lipinski definition) is 2. The van der Waals surface area contributed by atoms with Crippen molar-refractivity contribution in [3.8, 4) is 0 Å². The normalized spacial score (nSPS) is 11.6. The van der Waals surface area contributed by atoms with Crippen LogP contribution in [0.25, 0.3) is 0 Å². The highest BCUT2D eigenvalue weighted by Crippen LogP contribution is 2.30. The number of alkyl halides is 3. The number of pyridine rings is 1. The van der Waals surface area contributed by atoms with Crippen molar-refractivity contribution in [1.29, 1.82) is 0 Å². The quantitative estimate of drug-likeness (QED) is 0.622. The Bertz CT molecular complexity index is 341. The fourth-order valence-corrected chi connectivity index (χ4v) is 0.738. The molecule has 0 aliphatic carbocycles. The van der Waals surface area contributed by atoms with Crippen molar-refractivity contribution in [3.05, 3.63) is 28.2 Å². The van der Waals surface area contributed by atoms with Crippen molar-refractivity contribution in [2.24, 2.45) is 0 Å². The Hall–Kier alpha value is -1.46. The minimum Gasteiger partial charge on any atom is -0.394 e. The lowest BCUT2D eigenvalue weighted by Gasteiger charge is -2.07. The second-order valence-corrected chi connectivity index (χ2v) is 2.13. The van der Waals surface area contributed by atoms with E-state index in [-0.39, 0.29) is 0 Å². The molecular formula is C6H5F3N2O. The van der Waals surface area contributed by atoms with Crippen molar-refractivity contribution in [2.75, 3.05) is 5.73 Å². The third-order valence-electron chi connectivity index (χ3n) is 1.30. The Morgan fingerprint density at radius 1 is 1.42 bits per heavy atom. The molecule has 0 saturated heterocycles. The van der Waals surface area contributed by atoms with Gasteiger partial charge in [-0.05, 0) is 6.07 Å². The fraction of sp³-hybridized carbons (Fsp3) is 0.167. The maximum atomic E-state index is 12.0. The summed E-state index contributed by atoms with van der Waals surface area (Å²) in [7, 11) is 0. The van der Waals surface area contributed by atoms with Crippen molar-refractivity contribution in [2.45, 2.75) is 6.18 Å². The van der Waals surface area contributed by atoms with Crippen LogP contribution in [0.2, 0.25) is 0 Å². The minimum atomic E-state index is -4.57. The van der Waals surface area contributed by atoms with Gasteiger partial charge in [-0.25, -0.2) is 0 Å². The SMILES string of the molecule is Nc1c(C(F)(F)F)cc[nH]c1=O. The maximum Gasteiger partial charge on any atom is 0.418 e. The zero-order valence-electron chi connectivity index (χ0n) is 5.77. The van der Waals surface area contributed by atoms with Gasteiger partial charge in [-0.2, -0.15) is 13.2 Å². The molecule has 0 aliphatic heterocycles. The molecule has 0 aliphatic rings. The van der Waals surface area contributed by atoms with E-state index in [1.54, 1.807) is 0 Å². The molecule has 0 atom stereocenters. The highest BCUT2D eigenvalue weighted by molar-refractivity contribution is 5.45. The minimum absolute atomic E-state index is 0.719. The first-order chi connectivity index (χ1) is 5.43. The molecule has 0 radical (unpaired) electrons. The van der Waals surface area contributed by atoms with Crippen molar-refractivity contribution in [1.82, 2.24) is 4.98 Å². The van der Waals surface area contributed by atoms with E-state index in [0.717, 1.165) is 12.3 Å². The summed E-state index contributed by atoms with van der Waals surface area (Å²) >= 11 is 0.